The molecule has 1 N–H and O–H groups in total. The second-order valence-electron chi connectivity index (χ2n) is 2.76. The van der Waals surface area contributed by atoms with Crippen LogP contribution in [0.25, 0.3) is 0 Å². The zero-order chi connectivity index (χ0) is 9.26. The highest BCUT2D eigenvalue weighted by molar-refractivity contribution is 5.81. The van der Waals surface area contributed by atoms with Gasteiger partial charge in [0.1, 0.15) is 6.10 Å². The van der Waals surface area contributed by atoms with Gasteiger partial charge in [-0.2, -0.15) is 4.98 Å². The van der Waals surface area contributed by atoms with Crippen LogP contribution in [0.5, 0.6) is 0 Å². The summed E-state index contributed by atoms with van der Waals surface area (Å²) < 4.78 is 9.75. The Morgan fingerprint density at radius 2 is 2.46 bits per heavy atom. The average Bonchev–Trinajstić information content (AvgIpc) is 2.75. The summed E-state index contributed by atoms with van der Waals surface area (Å²) in [6.07, 6.45) is 1.57. The van der Waals surface area contributed by atoms with Crippen LogP contribution in [-0.2, 0) is 4.74 Å². The molecule has 6 heteroatoms. The first kappa shape index (κ1) is 8.18. The molecule has 1 unspecified atom stereocenters. The lowest BCUT2D eigenvalue weighted by Gasteiger charge is -2.00. The van der Waals surface area contributed by atoms with Gasteiger partial charge in [0.2, 0.25) is 5.82 Å². The van der Waals surface area contributed by atoms with Crippen LogP contribution in [0.1, 0.15) is 35.5 Å². The molecule has 6 nitrogen and oxygen atoms in total. The predicted octanol–water partition coefficient (Wildman–Crippen LogP) is 0.619. The van der Waals surface area contributed by atoms with E-state index in [2.05, 4.69) is 14.7 Å². The van der Waals surface area contributed by atoms with E-state index in [0.29, 0.717) is 12.4 Å². The van der Waals surface area contributed by atoms with Crippen LogP contribution >= 0.6 is 0 Å². The Bertz CT molecular complexity index is 316. The molecule has 0 radical (unpaired) electrons. The molecule has 1 saturated heterocycles. The second kappa shape index (κ2) is 3.14. The lowest BCUT2D eigenvalue weighted by molar-refractivity contribution is 0.0643. The monoisotopic (exact) mass is 184 g/mol. The Morgan fingerprint density at radius 1 is 1.62 bits per heavy atom. The molecule has 1 fully saturated rings. The Kier molecular flexibility index (Phi) is 1.97. The van der Waals surface area contributed by atoms with E-state index in [1.54, 1.807) is 0 Å². The van der Waals surface area contributed by atoms with Crippen LogP contribution < -0.4 is 0 Å². The number of hydrogen-bond donors (Lipinski definition) is 1. The molecule has 1 aliphatic heterocycles. The van der Waals surface area contributed by atoms with E-state index < -0.39 is 5.97 Å². The van der Waals surface area contributed by atoms with Gasteiger partial charge in [-0.15, -0.1) is 0 Å². The van der Waals surface area contributed by atoms with Gasteiger partial charge in [-0.05, 0) is 12.8 Å². The zero-order valence-electron chi connectivity index (χ0n) is 6.77. The van der Waals surface area contributed by atoms with E-state index >= 15 is 0 Å². The van der Waals surface area contributed by atoms with Crippen molar-refractivity contribution in [3.63, 3.8) is 0 Å². The summed E-state index contributed by atoms with van der Waals surface area (Å²) >= 11 is 0. The second-order valence-corrected chi connectivity index (χ2v) is 2.76. The summed E-state index contributed by atoms with van der Waals surface area (Å²) in [5.41, 5.74) is 0. The minimum absolute atomic E-state index is 0.197. The fourth-order valence-corrected chi connectivity index (χ4v) is 1.23. The molecule has 0 bridgehead atoms. The van der Waals surface area contributed by atoms with Gasteiger partial charge >= 0.3 is 11.9 Å². The van der Waals surface area contributed by atoms with Crippen molar-refractivity contribution < 1.29 is 19.2 Å². The summed E-state index contributed by atoms with van der Waals surface area (Å²) in [6, 6.07) is 0. The molecule has 0 aliphatic carbocycles. The molecule has 2 heterocycles. The maximum absolute atomic E-state index is 10.4. The van der Waals surface area contributed by atoms with Crippen molar-refractivity contribution in [2.75, 3.05) is 6.61 Å². The minimum Gasteiger partial charge on any atom is -0.474 e. The molecule has 0 aromatic carbocycles. The molecule has 1 aliphatic rings. The van der Waals surface area contributed by atoms with Crippen molar-refractivity contribution in [1.82, 2.24) is 10.1 Å². The normalized spacial score (nSPS) is 22.0. The highest BCUT2D eigenvalue weighted by Crippen LogP contribution is 2.25. The quantitative estimate of drug-likeness (QED) is 0.725. The minimum atomic E-state index is -1.21. The Balaban J connectivity index is 2.16. The van der Waals surface area contributed by atoms with Crippen molar-refractivity contribution in [3.05, 3.63) is 11.7 Å². The number of carboxylic acids is 1. The van der Waals surface area contributed by atoms with E-state index in [9.17, 15) is 4.79 Å². The SMILES string of the molecule is O=C(O)c1nc(C2CCCO2)no1. The third-order valence-electron chi connectivity index (χ3n) is 1.84. The van der Waals surface area contributed by atoms with E-state index in [0.717, 1.165) is 12.8 Å². The van der Waals surface area contributed by atoms with Gasteiger partial charge in [0.15, 0.2) is 0 Å². The van der Waals surface area contributed by atoms with Crippen molar-refractivity contribution in [1.29, 1.82) is 0 Å². The maximum Gasteiger partial charge on any atom is 0.394 e. The maximum atomic E-state index is 10.4. The van der Waals surface area contributed by atoms with E-state index in [-0.39, 0.29) is 12.0 Å². The standard InChI is InChI=1S/C7H8N2O4/c10-7(11)6-8-5(9-13-6)4-2-1-3-12-4/h4H,1-3H2,(H,10,11). The molecule has 0 amide bonds. The van der Waals surface area contributed by atoms with Crippen molar-refractivity contribution >= 4 is 5.97 Å². The van der Waals surface area contributed by atoms with Gasteiger partial charge in [0.05, 0.1) is 0 Å². The van der Waals surface area contributed by atoms with Crippen LogP contribution in [0.4, 0.5) is 0 Å². The molecule has 0 spiro atoms. The van der Waals surface area contributed by atoms with Gasteiger partial charge in [-0.3, -0.25) is 0 Å². The number of rotatable bonds is 2. The molecule has 1 atom stereocenters. The number of carboxylic acid groups (broad SMARTS) is 1. The van der Waals surface area contributed by atoms with Crippen LogP contribution in [0.2, 0.25) is 0 Å². The molecule has 1 aromatic rings. The number of nitrogens with zero attached hydrogens (tertiary/aromatic N) is 2. The Labute approximate surface area is 73.5 Å². The van der Waals surface area contributed by atoms with Crippen molar-refractivity contribution in [2.24, 2.45) is 0 Å². The fourth-order valence-electron chi connectivity index (χ4n) is 1.23. The number of aromatic carboxylic acids is 1. The molecule has 2 rings (SSSR count). The zero-order valence-corrected chi connectivity index (χ0v) is 6.77. The van der Waals surface area contributed by atoms with Crippen LogP contribution in [0.15, 0.2) is 4.52 Å². The third kappa shape index (κ3) is 1.52. The Hall–Kier alpha value is -1.43. The summed E-state index contributed by atoms with van der Waals surface area (Å²) in [4.78, 5) is 14.1. The van der Waals surface area contributed by atoms with Gasteiger partial charge in [0, 0.05) is 6.61 Å². The van der Waals surface area contributed by atoms with E-state index in [1.807, 2.05) is 0 Å². The first-order valence-corrected chi connectivity index (χ1v) is 3.96. The lowest BCUT2D eigenvalue weighted by atomic mass is 10.2. The largest absolute Gasteiger partial charge is 0.474 e. The first-order valence-electron chi connectivity index (χ1n) is 3.96. The van der Waals surface area contributed by atoms with E-state index in [1.165, 1.54) is 0 Å². The topological polar surface area (TPSA) is 85.5 Å². The summed E-state index contributed by atoms with van der Waals surface area (Å²) in [5, 5.41) is 12.0. The summed E-state index contributed by atoms with van der Waals surface area (Å²) in [7, 11) is 0. The van der Waals surface area contributed by atoms with E-state index in [4.69, 9.17) is 9.84 Å². The highest BCUT2D eigenvalue weighted by atomic mass is 16.5. The van der Waals surface area contributed by atoms with Crippen LogP contribution in [0.3, 0.4) is 0 Å². The van der Waals surface area contributed by atoms with Gasteiger partial charge in [-0.1, -0.05) is 5.16 Å². The molecule has 70 valence electrons. The molecule has 0 saturated carbocycles. The smallest absolute Gasteiger partial charge is 0.394 e. The molecular weight excluding hydrogens is 176 g/mol. The fraction of sp³-hybridized carbons (Fsp3) is 0.571. The third-order valence-corrected chi connectivity index (χ3v) is 1.84. The van der Waals surface area contributed by atoms with Gasteiger partial charge < -0.3 is 14.4 Å². The van der Waals surface area contributed by atoms with Gasteiger partial charge in [-0.25, -0.2) is 4.79 Å². The molecule has 1 aromatic heterocycles. The van der Waals surface area contributed by atoms with Crippen LogP contribution in [0, 0.1) is 0 Å². The first-order chi connectivity index (χ1) is 6.27. The number of hydrogen-bond acceptors (Lipinski definition) is 5. The average molecular weight is 184 g/mol. The summed E-state index contributed by atoms with van der Waals surface area (Å²) in [6.45, 7) is 0.668. The van der Waals surface area contributed by atoms with Crippen molar-refractivity contribution in [2.45, 2.75) is 18.9 Å². The Morgan fingerprint density at radius 3 is 3.00 bits per heavy atom. The van der Waals surface area contributed by atoms with Gasteiger partial charge in [0.25, 0.3) is 0 Å². The molecular formula is C7H8N2O4. The highest BCUT2D eigenvalue weighted by Gasteiger charge is 2.24. The molecule has 13 heavy (non-hydrogen) atoms. The lowest BCUT2D eigenvalue weighted by Crippen LogP contribution is -2.00. The number of ether oxygens (including phenoxy) is 1. The number of carbonyl (C=O) groups is 1. The number of aromatic nitrogens is 2. The van der Waals surface area contributed by atoms with Crippen LogP contribution in [-0.4, -0.2) is 27.8 Å². The predicted molar refractivity (Wildman–Crippen MR) is 39.2 cm³/mol. The summed E-state index contributed by atoms with van der Waals surface area (Å²) in [5.74, 6) is -1.27. The van der Waals surface area contributed by atoms with Crippen molar-refractivity contribution in [3.8, 4) is 0 Å².